The van der Waals surface area contributed by atoms with Crippen molar-refractivity contribution < 1.29 is 0 Å². The molecule has 0 atom stereocenters. The molecule has 1 aliphatic rings. The highest BCUT2D eigenvalue weighted by Crippen LogP contribution is 2.16. The lowest BCUT2D eigenvalue weighted by atomic mass is 10.1. The van der Waals surface area contributed by atoms with Crippen LogP contribution in [-0.2, 0) is 6.54 Å². The summed E-state index contributed by atoms with van der Waals surface area (Å²) in [5.41, 5.74) is 0. The standard InChI is InChI=1S/C10H14IN5S/c11-8-5-14-10-16(8)15-9(17-10)6-13-7-1-3-12-4-2-7/h5,7,12-13H,1-4,6H2. The van der Waals surface area contributed by atoms with E-state index in [1.165, 1.54) is 12.8 Å². The maximum Gasteiger partial charge on any atom is 0.213 e. The number of rotatable bonds is 3. The largest absolute Gasteiger partial charge is 0.317 e. The lowest BCUT2D eigenvalue weighted by Gasteiger charge is -2.23. The van der Waals surface area contributed by atoms with Crippen LogP contribution in [-0.4, -0.2) is 33.7 Å². The Morgan fingerprint density at radius 1 is 1.53 bits per heavy atom. The maximum absolute atomic E-state index is 4.54. The Kier molecular flexibility index (Phi) is 3.59. The van der Waals surface area contributed by atoms with E-state index in [4.69, 9.17) is 0 Å². The van der Waals surface area contributed by atoms with E-state index in [9.17, 15) is 0 Å². The normalized spacial score (nSPS) is 17.9. The molecular weight excluding hydrogens is 349 g/mol. The minimum absolute atomic E-state index is 0.631. The molecule has 2 aromatic rings. The maximum atomic E-state index is 4.54. The van der Waals surface area contributed by atoms with Crippen LogP contribution in [0.4, 0.5) is 0 Å². The number of nitrogens with zero attached hydrogens (tertiary/aromatic N) is 3. The summed E-state index contributed by atoms with van der Waals surface area (Å²) >= 11 is 3.92. The summed E-state index contributed by atoms with van der Waals surface area (Å²) in [6, 6.07) is 0.631. The van der Waals surface area contributed by atoms with Crippen molar-refractivity contribution in [3.8, 4) is 0 Å². The molecular formula is C10H14IN5S. The molecule has 3 rings (SSSR count). The molecule has 92 valence electrons. The highest BCUT2D eigenvalue weighted by atomic mass is 127. The van der Waals surface area contributed by atoms with E-state index in [0.717, 1.165) is 33.3 Å². The number of piperidine rings is 1. The van der Waals surface area contributed by atoms with Crippen molar-refractivity contribution >= 4 is 38.9 Å². The van der Waals surface area contributed by atoms with E-state index in [2.05, 4.69) is 43.3 Å². The zero-order valence-electron chi connectivity index (χ0n) is 9.32. The van der Waals surface area contributed by atoms with Crippen molar-refractivity contribution in [2.24, 2.45) is 0 Å². The van der Waals surface area contributed by atoms with Crippen molar-refractivity contribution in [1.29, 1.82) is 0 Å². The molecule has 2 aromatic heterocycles. The highest BCUT2D eigenvalue weighted by Gasteiger charge is 2.13. The lowest BCUT2D eigenvalue weighted by Crippen LogP contribution is -2.39. The van der Waals surface area contributed by atoms with Gasteiger partial charge in [0, 0.05) is 12.6 Å². The van der Waals surface area contributed by atoms with Gasteiger partial charge in [-0.05, 0) is 48.5 Å². The van der Waals surface area contributed by atoms with E-state index in [-0.39, 0.29) is 0 Å². The van der Waals surface area contributed by atoms with Crippen LogP contribution in [0.1, 0.15) is 17.8 Å². The summed E-state index contributed by atoms with van der Waals surface area (Å²) in [5, 5.41) is 12.6. The van der Waals surface area contributed by atoms with Crippen LogP contribution in [0, 0.1) is 3.70 Å². The van der Waals surface area contributed by atoms with Gasteiger partial charge >= 0.3 is 0 Å². The van der Waals surface area contributed by atoms with Crippen LogP contribution in [0.5, 0.6) is 0 Å². The van der Waals surface area contributed by atoms with Crippen LogP contribution in [0.25, 0.3) is 4.96 Å². The van der Waals surface area contributed by atoms with Crippen molar-refractivity contribution in [3.05, 3.63) is 14.9 Å². The van der Waals surface area contributed by atoms with Crippen molar-refractivity contribution in [2.45, 2.75) is 25.4 Å². The van der Waals surface area contributed by atoms with Gasteiger partial charge in [-0.1, -0.05) is 11.3 Å². The van der Waals surface area contributed by atoms with Gasteiger partial charge in [0.05, 0.1) is 6.20 Å². The Bertz CT molecular complexity index is 502. The molecule has 0 saturated carbocycles. The Balaban J connectivity index is 1.64. The third-order valence-corrected chi connectivity index (χ3v) is 4.62. The lowest BCUT2D eigenvalue weighted by molar-refractivity contribution is 0.385. The van der Waals surface area contributed by atoms with E-state index in [1.807, 2.05) is 10.7 Å². The molecule has 0 amide bonds. The van der Waals surface area contributed by atoms with E-state index >= 15 is 0 Å². The first-order valence-corrected chi connectivity index (χ1v) is 7.65. The predicted octanol–water partition coefficient (Wildman–Crippen LogP) is 1.24. The van der Waals surface area contributed by atoms with Gasteiger partial charge < -0.3 is 10.6 Å². The second-order valence-electron chi connectivity index (χ2n) is 4.18. The average Bonchev–Trinajstić information content (AvgIpc) is 2.91. The van der Waals surface area contributed by atoms with Gasteiger partial charge in [0.2, 0.25) is 4.96 Å². The minimum atomic E-state index is 0.631. The molecule has 1 fully saturated rings. The van der Waals surface area contributed by atoms with Gasteiger partial charge in [-0.3, -0.25) is 0 Å². The van der Waals surface area contributed by atoms with Crippen LogP contribution in [0.3, 0.4) is 0 Å². The second-order valence-corrected chi connectivity index (χ2v) is 6.32. The summed E-state index contributed by atoms with van der Waals surface area (Å²) in [7, 11) is 0. The number of aromatic nitrogens is 3. The molecule has 0 bridgehead atoms. The molecule has 7 heteroatoms. The van der Waals surface area contributed by atoms with Crippen LogP contribution >= 0.6 is 33.9 Å². The molecule has 0 aromatic carbocycles. The minimum Gasteiger partial charge on any atom is -0.317 e. The first-order chi connectivity index (χ1) is 8.33. The zero-order valence-corrected chi connectivity index (χ0v) is 12.3. The van der Waals surface area contributed by atoms with Gasteiger partial charge in [-0.15, -0.1) is 0 Å². The Morgan fingerprint density at radius 2 is 2.35 bits per heavy atom. The third-order valence-electron chi connectivity index (χ3n) is 2.97. The van der Waals surface area contributed by atoms with Gasteiger partial charge in [-0.25, -0.2) is 4.98 Å². The fourth-order valence-electron chi connectivity index (χ4n) is 2.04. The highest BCUT2D eigenvalue weighted by molar-refractivity contribution is 14.1. The summed E-state index contributed by atoms with van der Waals surface area (Å²) in [6.07, 6.45) is 4.27. The Labute approximate surface area is 117 Å². The Morgan fingerprint density at radius 3 is 3.12 bits per heavy atom. The fourth-order valence-corrected chi connectivity index (χ4v) is 3.49. The second kappa shape index (κ2) is 5.17. The van der Waals surface area contributed by atoms with Gasteiger partial charge in [-0.2, -0.15) is 9.61 Å². The predicted molar refractivity (Wildman–Crippen MR) is 76.3 cm³/mol. The van der Waals surface area contributed by atoms with Crippen molar-refractivity contribution in [3.63, 3.8) is 0 Å². The summed E-state index contributed by atoms with van der Waals surface area (Å²) in [5.74, 6) is 0. The smallest absolute Gasteiger partial charge is 0.213 e. The number of fused-ring (bicyclic) bond motifs is 1. The number of imidazole rings is 1. The van der Waals surface area contributed by atoms with E-state index < -0.39 is 0 Å². The van der Waals surface area contributed by atoms with E-state index in [0.29, 0.717) is 6.04 Å². The van der Waals surface area contributed by atoms with E-state index in [1.54, 1.807) is 11.3 Å². The molecule has 1 saturated heterocycles. The Hall–Kier alpha value is -0.250. The molecule has 0 spiro atoms. The van der Waals surface area contributed by atoms with Crippen LogP contribution < -0.4 is 10.6 Å². The molecule has 1 aliphatic heterocycles. The number of nitrogens with one attached hydrogen (secondary N) is 2. The molecule has 0 aliphatic carbocycles. The average molecular weight is 363 g/mol. The van der Waals surface area contributed by atoms with Gasteiger partial charge in [0.15, 0.2) is 0 Å². The molecule has 0 radical (unpaired) electrons. The number of halogens is 1. The fraction of sp³-hybridized carbons (Fsp3) is 0.600. The van der Waals surface area contributed by atoms with Crippen LogP contribution in [0.2, 0.25) is 0 Å². The first-order valence-electron chi connectivity index (χ1n) is 5.76. The quantitative estimate of drug-likeness (QED) is 0.806. The monoisotopic (exact) mass is 363 g/mol. The van der Waals surface area contributed by atoms with Gasteiger partial charge in [0.25, 0.3) is 0 Å². The molecule has 2 N–H and O–H groups in total. The van der Waals surface area contributed by atoms with Gasteiger partial charge in [0.1, 0.15) is 8.71 Å². The SMILES string of the molecule is Ic1cnc2sc(CNC3CCNCC3)nn12. The molecule has 0 unspecified atom stereocenters. The molecule has 17 heavy (non-hydrogen) atoms. The molecule has 3 heterocycles. The topological polar surface area (TPSA) is 54.2 Å². The number of hydrogen-bond acceptors (Lipinski definition) is 5. The number of hydrogen-bond donors (Lipinski definition) is 2. The van der Waals surface area contributed by atoms with Crippen molar-refractivity contribution in [1.82, 2.24) is 25.2 Å². The molecule has 5 nitrogen and oxygen atoms in total. The summed E-state index contributed by atoms with van der Waals surface area (Å²) < 4.78 is 2.98. The first kappa shape index (κ1) is 11.8. The van der Waals surface area contributed by atoms with Crippen molar-refractivity contribution in [2.75, 3.05) is 13.1 Å². The summed E-state index contributed by atoms with van der Waals surface area (Å²) in [6.45, 7) is 3.10. The zero-order chi connectivity index (χ0) is 11.7. The summed E-state index contributed by atoms with van der Waals surface area (Å²) in [4.78, 5) is 5.29. The third kappa shape index (κ3) is 2.61. The van der Waals surface area contributed by atoms with Crippen LogP contribution in [0.15, 0.2) is 6.20 Å².